The molecule has 0 amide bonds. The average Bonchev–Trinajstić information content (AvgIpc) is 2.36. The fourth-order valence-electron chi connectivity index (χ4n) is 1.91. The number of aliphatic hydroxyl groups is 1. The number of likely N-dealkylation sites (N-methyl/N-ethyl adjacent to an activating group) is 1. The first-order chi connectivity index (χ1) is 8.50. The number of anilines is 1. The molecule has 0 aliphatic carbocycles. The number of hydrogen-bond acceptors (Lipinski definition) is 3. The van der Waals surface area contributed by atoms with E-state index >= 15 is 0 Å². The van der Waals surface area contributed by atoms with E-state index in [9.17, 15) is 9.50 Å². The molecular weight excluding hydrogens is 231 g/mol. The summed E-state index contributed by atoms with van der Waals surface area (Å²) in [5.74, 6) is -0.226. The van der Waals surface area contributed by atoms with Crippen LogP contribution in [0.2, 0.25) is 0 Å². The molecule has 0 saturated heterocycles. The van der Waals surface area contributed by atoms with E-state index in [1.54, 1.807) is 6.07 Å². The van der Waals surface area contributed by atoms with Crippen LogP contribution in [0.1, 0.15) is 20.3 Å². The first-order valence-corrected chi connectivity index (χ1v) is 6.33. The number of nitrogens with zero attached hydrogens (tertiary/aromatic N) is 1. The van der Waals surface area contributed by atoms with E-state index in [-0.39, 0.29) is 18.0 Å². The second kappa shape index (κ2) is 6.71. The highest BCUT2D eigenvalue weighted by atomic mass is 19.1. The van der Waals surface area contributed by atoms with Gasteiger partial charge in [0.15, 0.2) is 0 Å². The standard InChI is InChI=1S/C14H23FN2O/c1-4-16-14(2,11-18)8-9-17(3)13-7-5-6-12(15)10-13/h5-7,10,16,18H,4,8-9,11H2,1-3H3. The monoisotopic (exact) mass is 254 g/mol. The molecule has 0 bridgehead atoms. The molecule has 0 aromatic heterocycles. The summed E-state index contributed by atoms with van der Waals surface area (Å²) in [5, 5.41) is 12.7. The second-order valence-corrected chi connectivity index (χ2v) is 4.90. The average molecular weight is 254 g/mol. The Morgan fingerprint density at radius 2 is 2.17 bits per heavy atom. The first-order valence-electron chi connectivity index (χ1n) is 6.33. The highest BCUT2D eigenvalue weighted by Gasteiger charge is 2.22. The van der Waals surface area contributed by atoms with E-state index in [4.69, 9.17) is 0 Å². The van der Waals surface area contributed by atoms with Gasteiger partial charge in [-0.2, -0.15) is 0 Å². The lowest BCUT2D eigenvalue weighted by molar-refractivity contribution is 0.169. The molecule has 1 unspecified atom stereocenters. The Balaban J connectivity index is 2.57. The van der Waals surface area contributed by atoms with Crippen LogP contribution in [-0.4, -0.2) is 37.4 Å². The summed E-state index contributed by atoms with van der Waals surface area (Å²) in [6.07, 6.45) is 0.796. The lowest BCUT2D eigenvalue weighted by Crippen LogP contribution is -2.47. The number of benzene rings is 1. The van der Waals surface area contributed by atoms with E-state index in [1.807, 2.05) is 31.9 Å². The van der Waals surface area contributed by atoms with Crippen LogP contribution < -0.4 is 10.2 Å². The van der Waals surface area contributed by atoms with Crippen molar-refractivity contribution in [2.24, 2.45) is 0 Å². The zero-order valence-corrected chi connectivity index (χ0v) is 11.4. The Labute approximate surface area is 109 Å². The summed E-state index contributed by atoms with van der Waals surface area (Å²) in [6, 6.07) is 6.54. The van der Waals surface area contributed by atoms with Crippen LogP contribution in [-0.2, 0) is 0 Å². The predicted molar refractivity (Wildman–Crippen MR) is 73.5 cm³/mol. The van der Waals surface area contributed by atoms with Crippen LogP contribution in [0.15, 0.2) is 24.3 Å². The minimum Gasteiger partial charge on any atom is -0.394 e. The molecule has 1 rings (SSSR count). The van der Waals surface area contributed by atoms with E-state index in [1.165, 1.54) is 12.1 Å². The third kappa shape index (κ3) is 4.27. The Hall–Kier alpha value is -1.13. The van der Waals surface area contributed by atoms with Gasteiger partial charge in [-0.25, -0.2) is 4.39 Å². The Morgan fingerprint density at radius 1 is 1.44 bits per heavy atom. The summed E-state index contributed by atoms with van der Waals surface area (Å²) in [4.78, 5) is 1.99. The van der Waals surface area contributed by atoms with E-state index in [2.05, 4.69) is 5.32 Å². The quantitative estimate of drug-likeness (QED) is 0.781. The summed E-state index contributed by atoms with van der Waals surface area (Å²) < 4.78 is 13.1. The van der Waals surface area contributed by atoms with Crippen molar-refractivity contribution >= 4 is 5.69 Å². The van der Waals surface area contributed by atoms with Gasteiger partial charge in [-0.15, -0.1) is 0 Å². The molecule has 2 N–H and O–H groups in total. The first kappa shape index (κ1) is 14.9. The van der Waals surface area contributed by atoms with Gasteiger partial charge in [-0.1, -0.05) is 13.0 Å². The lowest BCUT2D eigenvalue weighted by atomic mass is 9.98. The maximum absolute atomic E-state index is 13.1. The van der Waals surface area contributed by atoms with Crippen LogP contribution in [0.5, 0.6) is 0 Å². The van der Waals surface area contributed by atoms with Crippen LogP contribution >= 0.6 is 0 Å². The van der Waals surface area contributed by atoms with Crippen molar-refractivity contribution in [2.75, 3.05) is 31.6 Å². The van der Waals surface area contributed by atoms with Gasteiger partial charge < -0.3 is 15.3 Å². The minimum absolute atomic E-state index is 0.0951. The topological polar surface area (TPSA) is 35.5 Å². The van der Waals surface area contributed by atoms with Gasteiger partial charge >= 0.3 is 0 Å². The molecule has 18 heavy (non-hydrogen) atoms. The van der Waals surface area contributed by atoms with E-state index < -0.39 is 0 Å². The Morgan fingerprint density at radius 3 is 2.72 bits per heavy atom. The van der Waals surface area contributed by atoms with Crippen molar-refractivity contribution in [2.45, 2.75) is 25.8 Å². The van der Waals surface area contributed by atoms with Crippen LogP contribution in [0.3, 0.4) is 0 Å². The molecule has 0 heterocycles. The number of nitrogens with one attached hydrogen (secondary N) is 1. The molecule has 1 aromatic rings. The lowest BCUT2D eigenvalue weighted by Gasteiger charge is -2.31. The van der Waals surface area contributed by atoms with E-state index in [0.29, 0.717) is 0 Å². The maximum Gasteiger partial charge on any atom is 0.125 e. The number of aliphatic hydroxyl groups excluding tert-OH is 1. The van der Waals surface area contributed by atoms with Crippen molar-refractivity contribution in [3.05, 3.63) is 30.1 Å². The van der Waals surface area contributed by atoms with Crippen molar-refractivity contribution in [3.8, 4) is 0 Å². The molecule has 0 saturated carbocycles. The maximum atomic E-state index is 13.1. The van der Waals surface area contributed by atoms with Crippen molar-refractivity contribution in [1.82, 2.24) is 5.32 Å². The molecule has 0 spiro atoms. The molecule has 3 nitrogen and oxygen atoms in total. The zero-order chi connectivity index (χ0) is 13.6. The number of halogens is 1. The fraction of sp³-hybridized carbons (Fsp3) is 0.571. The molecule has 0 aliphatic heterocycles. The fourth-order valence-corrected chi connectivity index (χ4v) is 1.91. The van der Waals surface area contributed by atoms with Crippen LogP contribution in [0, 0.1) is 5.82 Å². The summed E-state index contributed by atoms with van der Waals surface area (Å²) in [7, 11) is 1.93. The van der Waals surface area contributed by atoms with Crippen molar-refractivity contribution in [1.29, 1.82) is 0 Å². The van der Waals surface area contributed by atoms with E-state index in [0.717, 1.165) is 25.2 Å². The largest absolute Gasteiger partial charge is 0.394 e. The second-order valence-electron chi connectivity index (χ2n) is 4.90. The smallest absolute Gasteiger partial charge is 0.125 e. The SMILES string of the molecule is CCNC(C)(CO)CCN(C)c1cccc(F)c1. The molecule has 0 fully saturated rings. The van der Waals surface area contributed by atoms with Gasteiger partial charge in [0.05, 0.1) is 6.61 Å². The van der Waals surface area contributed by atoms with Gasteiger partial charge in [0.25, 0.3) is 0 Å². The highest BCUT2D eigenvalue weighted by molar-refractivity contribution is 5.45. The highest BCUT2D eigenvalue weighted by Crippen LogP contribution is 2.16. The zero-order valence-electron chi connectivity index (χ0n) is 11.4. The summed E-state index contributed by atoms with van der Waals surface area (Å²) in [5.41, 5.74) is 0.572. The Bertz CT molecular complexity index is 373. The van der Waals surface area contributed by atoms with Gasteiger partial charge in [0.1, 0.15) is 5.82 Å². The number of rotatable bonds is 7. The van der Waals surface area contributed by atoms with Gasteiger partial charge in [0.2, 0.25) is 0 Å². The van der Waals surface area contributed by atoms with Crippen molar-refractivity contribution < 1.29 is 9.50 Å². The van der Waals surface area contributed by atoms with Gasteiger partial charge in [0, 0.05) is 24.8 Å². The van der Waals surface area contributed by atoms with Crippen molar-refractivity contribution in [3.63, 3.8) is 0 Å². The van der Waals surface area contributed by atoms with Gasteiger partial charge in [-0.05, 0) is 38.1 Å². The third-order valence-corrected chi connectivity index (χ3v) is 3.20. The number of hydrogen-bond donors (Lipinski definition) is 2. The summed E-state index contributed by atoms with van der Waals surface area (Å²) in [6.45, 7) is 5.69. The summed E-state index contributed by atoms with van der Waals surface area (Å²) >= 11 is 0. The molecule has 4 heteroatoms. The molecule has 1 aromatic carbocycles. The molecule has 0 aliphatic rings. The normalized spacial score (nSPS) is 14.3. The van der Waals surface area contributed by atoms with Crippen LogP contribution in [0.25, 0.3) is 0 Å². The molecular formula is C14H23FN2O. The third-order valence-electron chi connectivity index (χ3n) is 3.20. The molecule has 1 atom stereocenters. The Kier molecular flexibility index (Phi) is 5.56. The van der Waals surface area contributed by atoms with Gasteiger partial charge in [-0.3, -0.25) is 0 Å². The predicted octanol–water partition coefficient (Wildman–Crippen LogP) is 2.01. The minimum atomic E-state index is -0.281. The molecule has 102 valence electrons. The van der Waals surface area contributed by atoms with Crippen LogP contribution in [0.4, 0.5) is 10.1 Å². The molecule has 0 radical (unpaired) electrons.